The molecule has 7 nitrogen and oxygen atoms in total. The second-order valence-electron chi connectivity index (χ2n) is 7.01. The molecule has 27 heavy (non-hydrogen) atoms. The zero-order chi connectivity index (χ0) is 18.6. The van der Waals surface area contributed by atoms with Crippen LogP contribution < -0.4 is 15.5 Å². The average molecular weight is 364 g/mol. The van der Waals surface area contributed by atoms with Crippen molar-refractivity contribution < 1.29 is 4.79 Å². The zero-order valence-corrected chi connectivity index (χ0v) is 15.4. The predicted molar refractivity (Wildman–Crippen MR) is 107 cm³/mol. The van der Waals surface area contributed by atoms with Crippen molar-refractivity contribution in [1.29, 1.82) is 0 Å². The first kappa shape index (κ1) is 17.3. The topological polar surface area (TPSA) is 85.9 Å². The van der Waals surface area contributed by atoms with Gasteiger partial charge >= 0.3 is 0 Å². The lowest BCUT2D eigenvalue weighted by atomic mass is 10.1. The summed E-state index contributed by atoms with van der Waals surface area (Å²) >= 11 is 0. The summed E-state index contributed by atoms with van der Waals surface area (Å²) in [6.45, 7) is 4.00. The summed E-state index contributed by atoms with van der Waals surface area (Å²) < 4.78 is 0. The van der Waals surface area contributed by atoms with Crippen LogP contribution in [0.2, 0.25) is 0 Å². The third kappa shape index (κ3) is 4.02. The van der Waals surface area contributed by atoms with Crippen molar-refractivity contribution in [3.63, 3.8) is 0 Å². The van der Waals surface area contributed by atoms with Crippen LogP contribution in [-0.2, 0) is 4.79 Å². The smallest absolute Gasteiger partial charge is 0.239 e. The van der Waals surface area contributed by atoms with E-state index < -0.39 is 0 Å². The van der Waals surface area contributed by atoms with Crippen molar-refractivity contribution >= 4 is 28.4 Å². The highest BCUT2D eigenvalue weighted by Gasteiger charge is 2.23. The fraction of sp³-hybridized carbons (Fsp3) is 0.350. The number of carbonyl (C=O) groups excluding carboxylic acids is 1. The summed E-state index contributed by atoms with van der Waals surface area (Å²) in [6.07, 6.45) is 5.46. The number of aromatic nitrogens is 3. The Morgan fingerprint density at radius 2 is 2.26 bits per heavy atom. The van der Waals surface area contributed by atoms with Gasteiger partial charge in [-0.2, -0.15) is 0 Å². The fourth-order valence-electron chi connectivity index (χ4n) is 3.61. The minimum absolute atomic E-state index is 0.0119. The van der Waals surface area contributed by atoms with Crippen LogP contribution >= 0.6 is 0 Å². The van der Waals surface area contributed by atoms with E-state index in [1.807, 2.05) is 43.5 Å². The third-order valence-electron chi connectivity index (χ3n) is 4.89. The highest BCUT2D eigenvalue weighted by atomic mass is 16.2. The van der Waals surface area contributed by atoms with Gasteiger partial charge in [-0.1, -0.05) is 12.1 Å². The molecule has 0 spiro atoms. The average Bonchev–Trinajstić information content (AvgIpc) is 3.15. The van der Waals surface area contributed by atoms with Crippen LogP contribution in [0.15, 0.2) is 42.9 Å². The minimum atomic E-state index is 0.0119. The first-order chi connectivity index (χ1) is 13.2. The number of nitrogens with one attached hydrogen (secondary N) is 3. The van der Waals surface area contributed by atoms with Gasteiger partial charge < -0.3 is 20.5 Å². The predicted octanol–water partition coefficient (Wildman–Crippen LogP) is 2.46. The molecular weight excluding hydrogens is 340 g/mol. The van der Waals surface area contributed by atoms with E-state index in [1.54, 1.807) is 6.33 Å². The van der Waals surface area contributed by atoms with E-state index in [4.69, 9.17) is 0 Å². The lowest BCUT2D eigenvalue weighted by Crippen LogP contribution is -2.49. The Morgan fingerprint density at radius 1 is 1.33 bits per heavy atom. The normalized spacial score (nSPS) is 17.1. The van der Waals surface area contributed by atoms with Gasteiger partial charge in [-0.05, 0) is 43.5 Å². The molecule has 1 saturated heterocycles. The maximum absolute atomic E-state index is 12.4. The summed E-state index contributed by atoms with van der Waals surface area (Å²) in [6, 6.07) is 10.1. The largest absolute Gasteiger partial charge is 0.376 e. The molecule has 1 aliphatic heterocycles. The number of hydrogen-bond donors (Lipinski definition) is 3. The van der Waals surface area contributed by atoms with Crippen LogP contribution in [0.5, 0.6) is 0 Å². The summed E-state index contributed by atoms with van der Waals surface area (Å²) in [7, 11) is 0. The summed E-state index contributed by atoms with van der Waals surface area (Å²) in [5.41, 5.74) is 2.98. The van der Waals surface area contributed by atoms with E-state index in [0.717, 1.165) is 48.5 Å². The molecule has 0 unspecified atom stereocenters. The lowest BCUT2D eigenvalue weighted by molar-refractivity contribution is -0.120. The molecule has 2 aromatic heterocycles. The van der Waals surface area contributed by atoms with E-state index in [9.17, 15) is 4.79 Å². The second kappa shape index (κ2) is 7.65. The Labute approximate surface area is 158 Å². The molecule has 7 heteroatoms. The van der Waals surface area contributed by atoms with Crippen molar-refractivity contribution in [1.82, 2.24) is 20.3 Å². The number of aromatic amines is 1. The minimum Gasteiger partial charge on any atom is -0.376 e. The Kier molecular flexibility index (Phi) is 4.91. The number of carbonyl (C=O) groups is 1. The fourth-order valence-corrected chi connectivity index (χ4v) is 3.61. The Balaban J connectivity index is 1.35. The van der Waals surface area contributed by atoms with Gasteiger partial charge in [0.25, 0.3) is 0 Å². The molecule has 1 fully saturated rings. The molecule has 1 aromatic carbocycles. The van der Waals surface area contributed by atoms with Crippen molar-refractivity contribution in [3.05, 3.63) is 48.4 Å². The van der Waals surface area contributed by atoms with Gasteiger partial charge in [-0.3, -0.25) is 4.79 Å². The first-order valence-electron chi connectivity index (χ1n) is 9.32. The molecule has 3 N–H and O–H groups in total. The van der Waals surface area contributed by atoms with Crippen LogP contribution in [0.1, 0.15) is 18.4 Å². The van der Waals surface area contributed by atoms with Crippen LogP contribution in [0.4, 0.5) is 11.5 Å². The van der Waals surface area contributed by atoms with Crippen molar-refractivity contribution in [2.45, 2.75) is 25.8 Å². The van der Waals surface area contributed by atoms with Crippen LogP contribution in [0, 0.1) is 6.92 Å². The molecule has 1 amide bonds. The molecule has 3 heterocycles. The van der Waals surface area contributed by atoms with Gasteiger partial charge in [0, 0.05) is 31.0 Å². The Bertz CT molecular complexity index is 937. The van der Waals surface area contributed by atoms with Crippen molar-refractivity contribution in [2.75, 3.05) is 29.9 Å². The second-order valence-corrected chi connectivity index (χ2v) is 7.01. The van der Waals surface area contributed by atoms with Crippen LogP contribution in [0.25, 0.3) is 11.0 Å². The van der Waals surface area contributed by atoms with Crippen LogP contribution in [-0.4, -0.2) is 46.5 Å². The number of benzene rings is 1. The molecule has 3 aromatic rings. The molecule has 4 rings (SSSR count). The monoisotopic (exact) mass is 364 g/mol. The Hall–Kier alpha value is -3.09. The van der Waals surface area contributed by atoms with E-state index >= 15 is 0 Å². The number of aryl methyl sites for hydroxylation is 1. The summed E-state index contributed by atoms with van der Waals surface area (Å²) in [5, 5.41) is 7.36. The lowest BCUT2D eigenvalue weighted by Gasteiger charge is -2.34. The van der Waals surface area contributed by atoms with E-state index in [-0.39, 0.29) is 18.5 Å². The highest BCUT2D eigenvalue weighted by molar-refractivity contribution is 5.87. The maximum atomic E-state index is 12.4. The molecule has 1 aliphatic rings. The number of rotatable bonds is 5. The molecule has 140 valence electrons. The van der Waals surface area contributed by atoms with Gasteiger partial charge in [-0.25, -0.2) is 9.97 Å². The van der Waals surface area contributed by atoms with Gasteiger partial charge in [0.2, 0.25) is 5.91 Å². The van der Waals surface area contributed by atoms with Crippen molar-refractivity contribution in [2.24, 2.45) is 0 Å². The summed E-state index contributed by atoms with van der Waals surface area (Å²) in [4.78, 5) is 26.4. The van der Waals surface area contributed by atoms with Gasteiger partial charge in [0.05, 0.1) is 11.9 Å². The number of fused-ring (bicyclic) bond motifs is 1. The first-order valence-corrected chi connectivity index (χ1v) is 9.32. The quantitative estimate of drug-likeness (QED) is 0.647. The number of nitrogens with zero attached hydrogens (tertiary/aromatic N) is 3. The molecule has 0 radical (unpaired) electrons. The molecule has 0 saturated carbocycles. The van der Waals surface area contributed by atoms with Gasteiger partial charge in [0.1, 0.15) is 17.8 Å². The standard InChI is InChI=1S/C20H24N6O/c1-14-4-2-5-15(10-14)22-11-18(27)25-16-6-3-9-26(12-16)20-17-7-8-21-19(17)23-13-24-20/h2,4-5,7-8,10,13,16,22H,3,6,9,11-12H2,1H3,(H,25,27)(H,21,23,24)/t16-/m1/s1. The zero-order valence-electron chi connectivity index (χ0n) is 15.4. The van der Waals surface area contributed by atoms with E-state index in [0.29, 0.717) is 0 Å². The highest BCUT2D eigenvalue weighted by Crippen LogP contribution is 2.25. The van der Waals surface area contributed by atoms with E-state index in [2.05, 4.69) is 30.5 Å². The molecule has 1 atom stereocenters. The number of hydrogen-bond acceptors (Lipinski definition) is 5. The van der Waals surface area contributed by atoms with Crippen molar-refractivity contribution in [3.8, 4) is 0 Å². The van der Waals surface area contributed by atoms with Gasteiger partial charge in [0.15, 0.2) is 0 Å². The molecule has 0 bridgehead atoms. The number of piperidine rings is 1. The Morgan fingerprint density at radius 3 is 3.15 bits per heavy atom. The summed E-state index contributed by atoms with van der Waals surface area (Å²) in [5.74, 6) is 0.941. The van der Waals surface area contributed by atoms with Crippen LogP contribution in [0.3, 0.4) is 0 Å². The SMILES string of the molecule is Cc1cccc(NCC(=O)N[C@@H]2CCCN(c3ncnc4[nH]ccc34)C2)c1. The maximum Gasteiger partial charge on any atom is 0.239 e. The molecule has 0 aliphatic carbocycles. The third-order valence-corrected chi connectivity index (χ3v) is 4.89. The molecular formula is C20H24N6O. The van der Waals surface area contributed by atoms with E-state index in [1.165, 1.54) is 5.56 Å². The van der Waals surface area contributed by atoms with Gasteiger partial charge in [-0.15, -0.1) is 0 Å². The number of H-pyrrole nitrogens is 1. The number of anilines is 2. The number of amides is 1.